The molecule has 0 fully saturated rings. The molecule has 2 aromatic rings. The van der Waals surface area contributed by atoms with Crippen LogP contribution in [0.1, 0.15) is 23.6 Å². The minimum atomic E-state index is -0.0411. The van der Waals surface area contributed by atoms with Crippen LogP contribution in [0.5, 0.6) is 0 Å². The topological polar surface area (TPSA) is 29.1 Å². The van der Waals surface area contributed by atoms with Gasteiger partial charge >= 0.3 is 0 Å². The molecule has 2 nitrogen and oxygen atoms in total. The van der Waals surface area contributed by atoms with Gasteiger partial charge in [0.1, 0.15) is 0 Å². The molecule has 0 heterocycles. The second-order valence-corrected chi connectivity index (χ2v) is 6.04. The molecule has 2 rings (SSSR count). The van der Waals surface area contributed by atoms with Gasteiger partial charge in [0.15, 0.2) is 0 Å². The highest BCUT2D eigenvalue weighted by molar-refractivity contribution is 7.98. The Morgan fingerprint density at radius 2 is 1.65 bits per heavy atom. The van der Waals surface area contributed by atoms with E-state index in [0.29, 0.717) is 0 Å². The maximum absolute atomic E-state index is 11.0. The van der Waals surface area contributed by atoms with Crippen LogP contribution in [0.3, 0.4) is 0 Å². The number of thioether (sulfide) groups is 1. The zero-order valence-electron chi connectivity index (χ0n) is 12.1. The lowest BCUT2D eigenvalue weighted by atomic mass is 10.1. The van der Waals surface area contributed by atoms with Crippen LogP contribution in [-0.2, 0) is 10.5 Å². The Morgan fingerprint density at radius 1 is 1.05 bits per heavy atom. The highest BCUT2D eigenvalue weighted by Gasteiger charge is 2.00. The van der Waals surface area contributed by atoms with Crippen molar-refractivity contribution in [1.82, 2.24) is 0 Å². The molecule has 0 aliphatic carbocycles. The molecular weight excluding hydrogens is 266 g/mol. The summed E-state index contributed by atoms with van der Waals surface area (Å²) in [7, 11) is 0. The molecule has 104 valence electrons. The van der Waals surface area contributed by atoms with E-state index in [1.165, 1.54) is 28.5 Å². The van der Waals surface area contributed by atoms with E-state index in [-0.39, 0.29) is 5.91 Å². The summed E-state index contributed by atoms with van der Waals surface area (Å²) in [6.07, 6.45) is 0. The quantitative estimate of drug-likeness (QED) is 0.835. The normalized spacial score (nSPS) is 10.3. The van der Waals surface area contributed by atoms with E-state index >= 15 is 0 Å². The number of aryl methyl sites for hydroxylation is 2. The molecule has 0 unspecified atom stereocenters. The summed E-state index contributed by atoms with van der Waals surface area (Å²) >= 11 is 1.81. The first-order valence-corrected chi connectivity index (χ1v) is 7.59. The molecule has 20 heavy (non-hydrogen) atoms. The molecule has 0 aromatic heterocycles. The average molecular weight is 285 g/mol. The Labute approximate surface area is 124 Å². The second-order valence-electron chi connectivity index (χ2n) is 4.99. The minimum absolute atomic E-state index is 0.0411. The van der Waals surface area contributed by atoms with Gasteiger partial charge in [-0.3, -0.25) is 4.79 Å². The van der Waals surface area contributed by atoms with Crippen molar-refractivity contribution in [3.63, 3.8) is 0 Å². The van der Waals surface area contributed by atoms with Gasteiger partial charge in [0.05, 0.1) is 0 Å². The lowest BCUT2D eigenvalue weighted by Crippen LogP contribution is -2.05. The molecule has 0 aliphatic rings. The average Bonchev–Trinajstić information content (AvgIpc) is 2.36. The summed E-state index contributed by atoms with van der Waals surface area (Å²) < 4.78 is 0. The van der Waals surface area contributed by atoms with Crippen molar-refractivity contribution in [1.29, 1.82) is 0 Å². The SMILES string of the molecule is CC(=O)Nc1ccc(SCc2cc(C)cc(C)c2)cc1. The fourth-order valence-electron chi connectivity index (χ4n) is 2.16. The van der Waals surface area contributed by atoms with Crippen LogP contribution in [0.25, 0.3) is 0 Å². The zero-order valence-corrected chi connectivity index (χ0v) is 12.9. The second kappa shape index (κ2) is 6.62. The van der Waals surface area contributed by atoms with Crippen molar-refractivity contribution < 1.29 is 4.79 Å². The minimum Gasteiger partial charge on any atom is -0.326 e. The largest absolute Gasteiger partial charge is 0.326 e. The van der Waals surface area contributed by atoms with Crippen molar-refractivity contribution in [3.8, 4) is 0 Å². The predicted octanol–water partition coefficient (Wildman–Crippen LogP) is 4.55. The Bertz CT molecular complexity index is 585. The highest BCUT2D eigenvalue weighted by Crippen LogP contribution is 2.25. The highest BCUT2D eigenvalue weighted by atomic mass is 32.2. The van der Waals surface area contributed by atoms with Crippen molar-refractivity contribution in [2.45, 2.75) is 31.4 Å². The van der Waals surface area contributed by atoms with E-state index in [9.17, 15) is 4.79 Å². The van der Waals surface area contributed by atoms with Crippen LogP contribution in [0.15, 0.2) is 47.4 Å². The lowest BCUT2D eigenvalue weighted by molar-refractivity contribution is -0.114. The Kier molecular flexibility index (Phi) is 4.85. The van der Waals surface area contributed by atoms with Crippen molar-refractivity contribution in [2.75, 3.05) is 5.32 Å². The fourth-order valence-corrected chi connectivity index (χ4v) is 2.99. The predicted molar refractivity (Wildman–Crippen MR) is 86.2 cm³/mol. The molecule has 2 aromatic carbocycles. The van der Waals surface area contributed by atoms with Gasteiger partial charge in [-0.2, -0.15) is 0 Å². The maximum atomic E-state index is 11.0. The van der Waals surface area contributed by atoms with Crippen LogP contribution < -0.4 is 5.32 Å². The summed E-state index contributed by atoms with van der Waals surface area (Å²) in [5.74, 6) is 0.919. The fraction of sp³-hybridized carbons (Fsp3) is 0.235. The standard InChI is InChI=1S/C17H19NOS/c1-12-8-13(2)10-15(9-12)11-20-17-6-4-16(5-7-17)18-14(3)19/h4-10H,11H2,1-3H3,(H,18,19). The van der Waals surface area contributed by atoms with Crippen LogP contribution >= 0.6 is 11.8 Å². The third kappa shape index (κ3) is 4.42. The number of benzene rings is 2. The Balaban J connectivity index is 1.98. The first-order valence-electron chi connectivity index (χ1n) is 6.60. The number of nitrogens with one attached hydrogen (secondary N) is 1. The van der Waals surface area contributed by atoms with E-state index in [4.69, 9.17) is 0 Å². The molecule has 0 saturated carbocycles. The number of anilines is 1. The zero-order chi connectivity index (χ0) is 14.5. The van der Waals surface area contributed by atoms with Crippen LogP contribution in [-0.4, -0.2) is 5.91 Å². The third-order valence-corrected chi connectivity index (χ3v) is 3.94. The molecular formula is C17H19NOS. The molecule has 0 radical (unpaired) electrons. The summed E-state index contributed by atoms with van der Waals surface area (Å²) in [4.78, 5) is 12.2. The first kappa shape index (κ1) is 14.7. The third-order valence-electron chi connectivity index (χ3n) is 2.86. The molecule has 3 heteroatoms. The summed E-state index contributed by atoms with van der Waals surface area (Å²) in [6.45, 7) is 5.77. The molecule has 0 aliphatic heterocycles. The van der Waals surface area contributed by atoms with Gasteiger partial charge in [-0.05, 0) is 43.7 Å². The molecule has 0 bridgehead atoms. The number of hydrogen-bond donors (Lipinski definition) is 1. The number of carbonyl (C=O) groups excluding carboxylic acids is 1. The smallest absolute Gasteiger partial charge is 0.221 e. The van der Waals surface area contributed by atoms with Crippen LogP contribution in [0.4, 0.5) is 5.69 Å². The number of carbonyl (C=O) groups is 1. The van der Waals surface area contributed by atoms with Gasteiger partial charge in [-0.25, -0.2) is 0 Å². The molecule has 0 saturated heterocycles. The molecule has 1 amide bonds. The number of rotatable bonds is 4. The summed E-state index contributed by atoms with van der Waals surface area (Å²) in [5.41, 5.74) is 4.80. The van der Waals surface area contributed by atoms with Gasteiger partial charge in [-0.15, -0.1) is 11.8 Å². The van der Waals surface area contributed by atoms with E-state index < -0.39 is 0 Å². The monoisotopic (exact) mass is 285 g/mol. The number of amides is 1. The van der Waals surface area contributed by atoms with E-state index in [1.54, 1.807) is 11.8 Å². The summed E-state index contributed by atoms with van der Waals surface area (Å²) in [6, 6.07) is 14.6. The van der Waals surface area contributed by atoms with Gasteiger partial charge in [0.25, 0.3) is 0 Å². The van der Waals surface area contributed by atoms with Gasteiger partial charge in [0, 0.05) is 23.3 Å². The lowest BCUT2D eigenvalue weighted by Gasteiger charge is -2.06. The van der Waals surface area contributed by atoms with Gasteiger partial charge < -0.3 is 5.32 Å². The Morgan fingerprint density at radius 3 is 2.20 bits per heavy atom. The van der Waals surface area contributed by atoms with Gasteiger partial charge in [0.2, 0.25) is 5.91 Å². The maximum Gasteiger partial charge on any atom is 0.221 e. The molecule has 0 atom stereocenters. The van der Waals surface area contributed by atoms with E-state index in [0.717, 1.165) is 11.4 Å². The molecule has 0 spiro atoms. The van der Waals surface area contributed by atoms with Crippen molar-refractivity contribution >= 4 is 23.4 Å². The first-order chi connectivity index (χ1) is 9.52. The van der Waals surface area contributed by atoms with Crippen molar-refractivity contribution in [3.05, 3.63) is 59.2 Å². The molecule has 1 N–H and O–H groups in total. The summed E-state index contributed by atoms with van der Waals surface area (Å²) in [5, 5.41) is 2.77. The Hall–Kier alpha value is -1.74. The van der Waals surface area contributed by atoms with E-state index in [1.807, 2.05) is 24.3 Å². The van der Waals surface area contributed by atoms with Crippen molar-refractivity contribution in [2.24, 2.45) is 0 Å². The van der Waals surface area contributed by atoms with Gasteiger partial charge in [-0.1, -0.05) is 29.3 Å². The van der Waals surface area contributed by atoms with Crippen LogP contribution in [0.2, 0.25) is 0 Å². The van der Waals surface area contributed by atoms with Crippen LogP contribution in [0, 0.1) is 13.8 Å². The number of hydrogen-bond acceptors (Lipinski definition) is 2. The van der Waals surface area contributed by atoms with E-state index in [2.05, 4.69) is 37.4 Å².